The highest BCUT2D eigenvalue weighted by Gasteiger charge is 2.64. The second-order valence-electron chi connectivity index (χ2n) is 6.31. The molecule has 100 valence electrons. The molecule has 1 aliphatic rings. The average molecular weight is 295 g/mol. The third-order valence-electron chi connectivity index (χ3n) is 4.64. The molecule has 0 aliphatic carbocycles. The summed E-state index contributed by atoms with van der Waals surface area (Å²) in [4.78, 5) is 0. The van der Waals surface area contributed by atoms with Crippen molar-refractivity contribution >= 4 is 22.5 Å². The van der Waals surface area contributed by atoms with Gasteiger partial charge in [-0.2, -0.15) is 0 Å². The van der Waals surface area contributed by atoms with Gasteiger partial charge in [0.05, 0.1) is 14.7 Å². The molecular weight excluding hydrogens is 268 g/mol. The molecule has 1 saturated heterocycles. The van der Waals surface area contributed by atoms with Crippen LogP contribution >= 0.6 is 0 Å². The molecule has 0 spiro atoms. The second kappa shape index (κ2) is 4.59. The molecule has 1 heterocycles. The Morgan fingerprint density at radius 3 is 1.72 bits per heavy atom. The summed E-state index contributed by atoms with van der Waals surface area (Å²) in [5.74, 6) is 0. The van der Waals surface area contributed by atoms with Crippen molar-refractivity contribution in [3.63, 3.8) is 0 Å². The van der Waals surface area contributed by atoms with Gasteiger partial charge in [-0.25, -0.2) is 0 Å². The van der Waals surface area contributed by atoms with Crippen molar-refractivity contribution in [2.45, 2.75) is 38.6 Å². The largest absolute Gasteiger partial charge is 0.408 e. The predicted molar refractivity (Wildman–Crippen MR) is 89.7 cm³/mol. The van der Waals surface area contributed by atoms with Crippen molar-refractivity contribution in [2.75, 3.05) is 0 Å². The summed E-state index contributed by atoms with van der Waals surface area (Å²) in [7, 11) is -5.45. The normalized spacial score (nSPS) is 26.9. The highest BCUT2D eigenvalue weighted by Crippen LogP contribution is 2.45. The van der Waals surface area contributed by atoms with Crippen LogP contribution in [0.4, 0.5) is 0 Å². The summed E-state index contributed by atoms with van der Waals surface area (Å²) in [5.41, 5.74) is 8.51. The summed E-state index contributed by atoms with van der Waals surface area (Å²) in [6, 6.07) is 1.09. The van der Waals surface area contributed by atoms with Crippen molar-refractivity contribution in [3.05, 3.63) is 49.1 Å². The van der Waals surface area contributed by atoms with Gasteiger partial charge in [-0.15, -0.1) is 26.3 Å². The Bertz CT molecular complexity index is 346. The molecule has 0 aromatic heterocycles. The molecule has 0 atom stereocenters. The fraction of sp³-hybridized carbons (Fsp3) is 0.429. The predicted octanol–water partition coefficient (Wildman–Crippen LogP) is 3.96. The third-order valence-corrected chi connectivity index (χ3v) is 37.8. The van der Waals surface area contributed by atoms with Crippen LogP contribution in [0.2, 0.25) is 19.1 Å². The molecule has 0 radical (unpaired) electrons. The molecule has 18 heavy (non-hydrogen) atoms. The van der Waals surface area contributed by atoms with E-state index in [9.17, 15) is 0 Å². The molecule has 0 amide bonds. The summed E-state index contributed by atoms with van der Waals surface area (Å²) in [5, 5.41) is 0. The maximum absolute atomic E-state index is 6.54. The monoisotopic (exact) mass is 294 g/mol. The third kappa shape index (κ3) is 1.91. The van der Waals surface area contributed by atoms with Gasteiger partial charge in [0, 0.05) is 5.60 Å². The fourth-order valence-corrected chi connectivity index (χ4v) is 34.2. The van der Waals surface area contributed by atoms with E-state index >= 15 is 0 Å². The Morgan fingerprint density at radius 1 is 0.944 bits per heavy atom. The molecule has 1 nitrogen and oxygen atoms in total. The first-order valence-electron chi connectivity index (χ1n) is 6.40. The van der Waals surface area contributed by atoms with Crippen LogP contribution in [0.3, 0.4) is 0 Å². The van der Waals surface area contributed by atoms with E-state index in [-0.39, 0.29) is 5.60 Å². The molecule has 0 aromatic rings. The van der Waals surface area contributed by atoms with Gasteiger partial charge < -0.3 is 4.43 Å². The lowest BCUT2D eigenvalue weighted by molar-refractivity contribution is 0.127. The Morgan fingerprint density at radius 2 is 1.39 bits per heavy atom. The zero-order valence-electron chi connectivity index (χ0n) is 12.3. The molecule has 1 rings (SSSR count). The van der Waals surface area contributed by atoms with Gasteiger partial charge >= 0.3 is 0 Å². The fourth-order valence-electron chi connectivity index (χ4n) is 3.32. The van der Waals surface area contributed by atoms with Crippen LogP contribution in [-0.2, 0) is 4.43 Å². The summed E-state index contributed by atoms with van der Waals surface area (Å²) >= 11 is 0. The first-order valence-corrected chi connectivity index (χ1v) is 15.8. The van der Waals surface area contributed by atoms with E-state index in [4.69, 9.17) is 4.43 Å². The van der Waals surface area contributed by atoms with Crippen molar-refractivity contribution in [1.82, 2.24) is 0 Å². The zero-order valence-corrected chi connectivity index (χ0v) is 15.3. The van der Waals surface area contributed by atoms with E-state index in [0.717, 1.165) is 6.04 Å². The van der Waals surface area contributed by atoms with Gasteiger partial charge in [0.25, 0.3) is 0 Å². The Balaban J connectivity index is 3.56. The van der Waals surface area contributed by atoms with E-state index in [1.165, 1.54) is 0 Å². The molecule has 0 bridgehead atoms. The summed E-state index contributed by atoms with van der Waals surface area (Å²) in [6.07, 6.45) is 0. The van der Waals surface area contributed by atoms with Crippen LogP contribution in [0, 0.1) is 0 Å². The van der Waals surface area contributed by atoms with Crippen LogP contribution in [0.15, 0.2) is 49.1 Å². The molecular formula is C14H26OSi3. The quantitative estimate of drug-likeness (QED) is 0.713. The molecule has 0 aromatic carbocycles. The smallest absolute Gasteiger partial charge is 0.224 e. The first-order chi connectivity index (χ1) is 8.16. The lowest BCUT2D eigenvalue weighted by Crippen LogP contribution is -2.79. The van der Waals surface area contributed by atoms with Gasteiger partial charge in [0.1, 0.15) is 0 Å². The average Bonchev–Trinajstić information content (AvgIpc) is 2.31. The lowest BCUT2D eigenvalue weighted by atomic mass is 10.2. The van der Waals surface area contributed by atoms with Crippen molar-refractivity contribution in [1.29, 1.82) is 0 Å². The second-order valence-corrected chi connectivity index (χ2v) is 29.6. The van der Waals surface area contributed by atoms with Crippen molar-refractivity contribution in [2.24, 2.45) is 0 Å². The number of hydrogen-bond acceptors (Lipinski definition) is 1. The number of rotatable bonds is 4. The molecule has 1 aliphatic heterocycles. The molecule has 0 saturated carbocycles. The van der Waals surface area contributed by atoms with Gasteiger partial charge in [-0.05, 0) is 19.9 Å². The van der Waals surface area contributed by atoms with Crippen LogP contribution in [0.5, 0.6) is 0 Å². The molecule has 0 unspecified atom stereocenters. The highest BCUT2D eigenvalue weighted by molar-refractivity contribution is 7.72. The van der Waals surface area contributed by atoms with E-state index in [1.54, 1.807) is 0 Å². The Labute approximate surface area is 115 Å². The van der Waals surface area contributed by atoms with Gasteiger partial charge in [0.2, 0.25) is 7.83 Å². The van der Waals surface area contributed by atoms with Crippen LogP contribution in [-0.4, -0.2) is 28.1 Å². The lowest BCUT2D eigenvalue weighted by Gasteiger charge is -2.58. The first kappa shape index (κ1) is 15.6. The maximum Gasteiger partial charge on any atom is 0.224 e. The minimum Gasteiger partial charge on any atom is -0.408 e. The van der Waals surface area contributed by atoms with Gasteiger partial charge in [0.15, 0.2) is 0 Å². The summed E-state index contributed by atoms with van der Waals surface area (Å²) < 4.78 is 6.54. The van der Waals surface area contributed by atoms with E-state index < -0.39 is 22.5 Å². The van der Waals surface area contributed by atoms with E-state index in [0.29, 0.717) is 0 Å². The topological polar surface area (TPSA) is 9.23 Å². The SMILES string of the molecule is C=C[Si]1(C=C)CC(C)(C)O[Si](C=C)(C=C)[Si]1(C)C. The van der Waals surface area contributed by atoms with Crippen molar-refractivity contribution < 1.29 is 4.43 Å². The maximum atomic E-state index is 6.54. The standard InChI is InChI=1S/C14H26OSi3/c1-9-17(10-2)13-14(5,6)15-18(11-3,12-4)16(17,7)8/h9-12H,1-4,13H2,5-8H3. The van der Waals surface area contributed by atoms with Crippen LogP contribution in [0.1, 0.15) is 13.8 Å². The minimum atomic E-state index is -2.09. The summed E-state index contributed by atoms with van der Waals surface area (Å²) in [6.45, 7) is 25.7. The van der Waals surface area contributed by atoms with Gasteiger partial charge in [-0.1, -0.05) is 35.9 Å². The Kier molecular flexibility index (Phi) is 3.99. The molecule has 0 N–H and O–H groups in total. The van der Waals surface area contributed by atoms with Crippen LogP contribution in [0.25, 0.3) is 0 Å². The number of hydrogen-bond donors (Lipinski definition) is 0. The van der Waals surface area contributed by atoms with E-state index in [2.05, 4.69) is 76.1 Å². The van der Waals surface area contributed by atoms with Crippen molar-refractivity contribution in [3.8, 4) is 0 Å². The van der Waals surface area contributed by atoms with Crippen LogP contribution < -0.4 is 0 Å². The van der Waals surface area contributed by atoms with E-state index in [1.807, 2.05) is 0 Å². The Hall–Kier alpha value is -0.429. The molecule has 4 heteroatoms. The minimum absolute atomic E-state index is 0.119. The highest BCUT2D eigenvalue weighted by atomic mass is 29.6. The molecule has 1 fully saturated rings. The van der Waals surface area contributed by atoms with Gasteiger partial charge in [-0.3, -0.25) is 0 Å². The zero-order chi connectivity index (χ0) is 14.2.